The summed E-state index contributed by atoms with van der Waals surface area (Å²) in [5, 5.41) is 18.3. The van der Waals surface area contributed by atoms with Crippen molar-refractivity contribution in [2.45, 2.75) is 20.3 Å². The smallest absolute Gasteiger partial charge is 0.310 e. The highest BCUT2D eigenvalue weighted by Gasteiger charge is 2.11. The summed E-state index contributed by atoms with van der Waals surface area (Å²) >= 11 is 0. The van der Waals surface area contributed by atoms with Crippen LogP contribution < -0.4 is 0 Å². The van der Waals surface area contributed by atoms with Crippen LogP contribution in [0, 0.1) is 18.3 Å². The normalized spacial score (nSPS) is 9.56. The number of carbonyl (C=O) groups excluding carboxylic acids is 1. The van der Waals surface area contributed by atoms with Crippen LogP contribution in [-0.2, 0) is 16.0 Å². The number of esters is 1. The zero-order chi connectivity index (χ0) is 12.1. The summed E-state index contributed by atoms with van der Waals surface area (Å²) in [7, 11) is 0. The van der Waals surface area contributed by atoms with E-state index in [-0.39, 0.29) is 18.1 Å². The third-order valence-corrected chi connectivity index (χ3v) is 2.26. The highest BCUT2D eigenvalue weighted by Crippen LogP contribution is 2.23. The van der Waals surface area contributed by atoms with Gasteiger partial charge in [0, 0.05) is 0 Å². The van der Waals surface area contributed by atoms with E-state index in [0.717, 1.165) is 0 Å². The molecule has 1 N–H and O–H groups in total. The summed E-state index contributed by atoms with van der Waals surface area (Å²) in [6.45, 7) is 3.75. The second kappa shape index (κ2) is 5.17. The van der Waals surface area contributed by atoms with E-state index in [1.54, 1.807) is 19.9 Å². The molecule has 0 aromatic heterocycles. The van der Waals surface area contributed by atoms with Gasteiger partial charge in [0.2, 0.25) is 0 Å². The fourth-order valence-electron chi connectivity index (χ4n) is 1.37. The second-order valence-electron chi connectivity index (χ2n) is 3.37. The maximum atomic E-state index is 11.3. The topological polar surface area (TPSA) is 70.3 Å². The maximum absolute atomic E-state index is 11.3. The lowest BCUT2D eigenvalue weighted by atomic mass is 10.0. The Morgan fingerprint density at radius 3 is 2.81 bits per heavy atom. The predicted molar refractivity (Wildman–Crippen MR) is 57.9 cm³/mol. The number of carbonyl (C=O) groups is 1. The van der Waals surface area contributed by atoms with Gasteiger partial charge in [0.1, 0.15) is 5.75 Å². The first-order valence-electron chi connectivity index (χ1n) is 4.96. The average Bonchev–Trinajstić information content (AvgIpc) is 2.24. The Morgan fingerprint density at radius 2 is 2.25 bits per heavy atom. The number of phenolic OH excluding ortho intramolecular Hbond substituents is 1. The molecule has 0 aliphatic heterocycles. The monoisotopic (exact) mass is 219 g/mol. The summed E-state index contributed by atoms with van der Waals surface area (Å²) in [5.74, 6) is -0.335. The first-order valence-corrected chi connectivity index (χ1v) is 4.96. The van der Waals surface area contributed by atoms with E-state index in [4.69, 9.17) is 10.00 Å². The molecule has 0 fully saturated rings. The Labute approximate surface area is 94.1 Å². The summed E-state index contributed by atoms with van der Waals surface area (Å²) in [6, 6.07) is 4.90. The van der Waals surface area contributed by atoms with Crippen LogP contribution in [0.2, 0.25) is 0 Å². The summed E-state index contributed by atoms with van der Waals surface area (Å²) in [6.07, 6.45) is 0.0722. The fraction of sp³-hybridized carbons (Fsp3) is 0.333. The molecule has 16 heavy (non-hydrogen) atoms. The number of rotatable bonds is 3. The minimum atomic E-state index is -0.361. The van der Waals surface area contributed by atoms with Gasteiger partial charge in [-0.1, -0.05) is 0 Å². The lowest BCUT2D eigenvalue weighted by Crippen LogP contribution is -2.08. The number of hydrogen-bond donors (Lipinski definition) is 1. The number of nitriles is 1. The molecule has 0 saturated carbocycles. The molecule has 0 radical (unpaired) electrons. The first kappa shape index (κ1) is 12.1. The van der Waals surface area contributed by atoms with E-state index in [1.807, 2.05) is 6.07 Å². The zero-order valence-electron chi connectivity index (χ0n) is 9.28. The third-order valence-electron chi connectivity index (χ3n) is 2.26. The van der Waals surface area contributed by atoms with Crippen LogP contribution in [-0.4, -0.2) is 17.7 Å². The van der Waals surface area contributed by atoms with Crippen LogP contribution >= 0.6 is 0 Å². The Kier molecular flexibility index (Phi) is 3.90. The lowest BCUT2D eigenvalue weighted by Gasteiger charge is -2.07. The van der Waals surface area contributed by atoms with E-state index in [9.17, 15) is 9.90 Å². The van der Waals surface area contributed by atoms with Crippen molar-refractivity contribution in [2.24, 2.45) is 0 Å². The molecular formula is C12H13NO3. The van der Waals surface area contributed by atoms with Crippen molar-refractivity contribution in [1.29, 1.82) is 5.26 Å². The van der Waals surface area contributed by atoms with Crippen molar-refractivity contribution >= 4 is 5.97 Å². The van der Waals surface area contributed by atoms with Gasteiger partial charge >= 0.3 is 5.97 Å². The van der Waals surface area contributed by atoms with Crippen molar-refractivity contribution in [1.82, 2.24) is 0 Å². The lowest BCUT2D eigenvalue weighted by molar-refractivity contribution is -0.142. The number of aromatic hydroxyl groups is 1. The van der Waals surface area contributed by atoms with Gasteiger partial charge in [0.15, 0.2) is 0 Å². The molecule has 1 rings (SSSR count). The SMILES string of the molecule is CCOC(=O)Cc1cc(C#N)cc(O)c1C. The van der Waals surface area contributed by atoms with Crippen LogP contribution in [0.4, 0.5) is 0 Å². The number of nitrogens with zero attached hydrogens (tertiary/aromatic N) is 1. The van der Waals surface area contributed by atoms with Gasteiger partial charge in [-0.15, -0.1) is 0 Å². The Morgan fingerprint density at radius 1 is 1.56 bits per heavy atom. The number of benzene rings is 1. The molecule has 84 valence electrons. The van der Waals surface area contributed by atoms with Gasteiger partial charge in [-0.05, 0) is 37.1 Å². The standard InChI is InChI=1S/C12H13NO3/c1-3-16-12(15)6-10-4-9(7-13)5-11(14)8(10)2/h4-5,14H,3,6H2,1-2H3. The predicted octanol–water partition coefficient (Wildman–Crippen LogP) is 1.68. The molecule has 1 aromatic carbocycles. The van der Waals surface area contributed by atoms with Gasteiger partial charge in [-0.3, -0.25) is 4.79 Å². The summed E-state index contributed by atoms with van der Waals surface area (Å²) in [5.41, 5.74) is 1.56. The van der Waals surface area contributed by atoms with Gasteiger partial charge in [-0.2, -0.15) is 5.26 Å². The molecule has 1 aromatic rings. The zero-order valence-corrected chi connectivity index (χ0v) is 9.28. The molecule has 0 spiro atoms. The third kappa shape index (κ3) is 2.74. The van der Waals surface area contributed by atoms with E-state index in [0.29, 0.717) is 23.3 Å². The summed E-state index contributed by atoms with van der Waals surface area (Å²) in [4.78, 5) is 11.3. The molecule has 4 heteroatoms. The van der Waals surface area contributed by atoms with Crippen molar-refractivity contribution in [3.63, 3.8) is 0 Å². The van der Waals surface area contributed by atoms with Gasteiger partial charge in [-0.25, -0.2) is 0 Å². The maximum Gasteiger partial charge on any atom is 0.310 e. The Bertz CT molecular complexity index is 446. The number of ether oxygens (including phenoxy) is 1. The Balaban J connectivity index is 3.00. The molecule has 0 bridgehead atoms. The molecule has 0 aliphatic carbocycles. The van der Waals surface area contributed by atoms with Gasteiger partial charge < -0.3 is 9.84 Å². The molecular weight excluding hydrogens is 206 g/mol. The van der Waals surface area contributed by atoms with Crippen LogP contribution in [0.25, 0.3) is 0 Å². The summed E-state index contributed by atoms with van der Waals surface area (Å²) < 4.78 is 4.81. The van der Waals surface area contributed by atoms with Crippen LogP contribution in [0.1, 0.15) is 23.6 Å². The van der Waals surface area contributed by atoms with E-state index in [1.165, 1.54) is 6.07 Å². The number of phenols is 1. The highest BCUT2D eigenvalue weighted by molar-refractivity contribution is 5.73. The molecule has 4 nitrogen and oxygen atoms in total. The van der Waals surface area contributed by atoms with Crippen molar-refractivity contribution < 1.29 is 14.6 Å². The van der Waals surface area contributed by atoms with Crippen molar-refractivity contribution in [3.05, 3.63) is 28.8 Å². The molecule has 0 amide bonds. The quantitative estimate of drug-likeness (QED) is 0.785. The number of hydrogen-bond acceptors (Lipinski definition) is 4. The molecule has 0 aliphatic rings. The van der Waals surface area contributed by atoms with Crippen LogP contribution in [0.15, 0.2) is 12.1 Å². The van der Waals surface area contributed by atoms with Crippen LogP contribution in [0.3, 0.4) is 0 Å². The van der Waals surface area contributed by atoms with E-state index < -0.39 is 0 Å². The second-order valence-corrected chi connectivity index (χ2v) is 3.37. The molecule has 0 atom stereocenters. The first-order chi connectivity index (χ1) is 7.58. The highest BCUT2D eigenvalue weighted by atomic mass is 16.5. The van der Waals surface area contributed by atoms with Crippen LogP contribution in [0.5, 0.6) is 5.75 Å². The Hall–Kier alpha value is -2.02. The minimum absolute atomic E-state index is 0.0262. The van der Waals surface area contributed by atoms with E-state index in [2.05, 4.69) is 0 Å². The van der Waals surface area contributed by atoms with E-state index >= 15 is 0 Å². The fourth-order valence-corrected chi connectivity index (χ4v) is 1.37. The van der Waals surface area contributed by atoms with Crippen molar-refractivity contribution in [3.8, 4) is 11.8 Å². The van der Waals surface area contributed by atoms with Gasteiger partial charge in [0.25, 0.3) is 0 Å². The largest absolute Gasteiger partial charge is 0.508 e. The minimum Gasteiger partial charge on any atom is -0.508 e. The van der Waals surface area contributed by atoms with Gasteiger partial charge in [0.05, 0.1) is 24.7 Å². The van der Waals surface area contributed by atoms with Crippen molar-refractivity contribution in [2.75, 3.05) is 6.61 Å². The molecule has 0 saturated heterocycles. The molecule has 0 unspecified atom stereocenters. The average molecular weight is 219 g/mol. The molecule has 0 heterocycles.